The van der Waals surface area contributed by atoms with Gasteiger partial charge >= 0.3 is 6.03 Å². The number of hydrogen-bond acceptors (Lipinski definition) is 3. The van der Waals surface area contributed by atoms with Gasteiger partial charge in [0.15, 0.2) is 0 Å². The van der Waals surface area contributed by atoms with Crippen LogP contribution in [-0.2, 0) is 13.1 Å². The Labute approximate surface area is 141 Å². The van der Waals surface area contributed by atoms with E-state index in [0.29, 0.717) is 19.6 Å². The summed E-state index contributed by atoms with van der Waals surface area (Å²) in [6.45, 7) is 1.23. The highest BCUT2D eigenvalue weighted by Gasteiger charge is 2.34. The van der Waals surface area contributed by atoms with Crippen LogP contribution in [0.15, 0.2) is 42.6 Å². The van der Waals surface area contributed by atoms with Crippen molar-refractivity contribution >= 4 is 6.03 Å². The Bertz CT molecular complexity index is 636. The van der Waals surface area contributed by atoms with Crippen LogP contribution in [0.5, 0.6) is 0 Å². The first-order valence-corrected chi connectivity index (χ1v) is 8.42. The lowest BCUT2D eigenvalue weighted by atomic mass is 10.0. The number of nitrogens with zero attached hydrogens (tertiary/aromatic N) is 2. The molecule has 1 saturated carbocycles. The van der Waals surface area contributed by atoms with Gasteiger partial charge in [0.1, 0.15) is 0 Å². The molecule has 3 N–H and O–H groups in total. The van der Waals surface area contributed by atoms with E-state index in [-0.39, 0.29) is 6.03 Å². The summed E-state index contributed by atoms with van der Waals surface area (Å²) in [6.07, 6.45) is 5.21. The van der Waals surface area contributed by atoms with Crippen molar-refractivity contribution in [3.05, 3.63) is 53.9 Å². The summed E-state index contributed by atoms with van der Waals surface area (Å²) in [5.41, 5.74) is 1.14. The molecule has 1 aromatic heterocycles. The molecular weight excluding hydrogens is 304 g/mol. The van der Waals surface area contributed by atoms with Gasteiger partial charge in [-0.3, -0.25) is 5.10 Å². The highest BCUT2D eigenvalue weighted by molar-refractivity contribution is 5.74. The first kappa shape index (κ1) is 16.5. The number of benzene rings is 1. The Morgan fingerprint density at radius 2 is 2.00 bits per heavy atom. The Balaban J connectivity index is 1.66. The zero-order valence-electron chi connectivity index (χ0n) is 13.7. The first-order chi connectivity index (χ1) is 11.6. The molecule has 1 fully saturated rings. The molecule has 0 atom stereocenters. The van der Waals surface area contributed by atoms with Gasteiger partial charge in [-0.15, -0.1) is 0 Å². The fraction of sp³-hybridized carbons (Fsp3) is 0.444. The summed E-state index contributed by atoms with van der Waals surface area (Å²) in [7, 11) is 0. The van der Waals surface area contributed by atoms with Crippen LogP contribution in [0.2, 0.25) is 0 Å². The average molecular weight is 328 g/mol. The number of aliphatic hydroxyl groups is 1. The Morgan fingerprint density at radius 3 is 2.67 bits per heavy atom. The summed E-state index contributed by atoms with van der Waals surface area (Å²) in [5.74, 6) is 0. The monoisotopic (exact) mass is 328 g/mol. The van der Waals surface area contributed by atoms with Crippen molar-refractivity contribution in [1.82, 2.24) is 20.4 Å². The van der Waals surface area contributed by atoms with E-state index in [4.69, 9.17) is 0 Å². The summed E-state index contributed by atoms with van der Waals surface area (Å²) < 4.78 is 0. The smallest absolute Gasteiger partial charge is 0.318 e. The van der Waals surface area contributed by atoms with Crippen molar-refractivity contribution in [3.63, 3.8) is 0 Å². The Morgan fingerprint density at radius 1 is 1.25 bits per heavy atom. The van der Waals surface area contributed by atoms with E-state index in [0.717, 1.165) is 36.9 Å². The maximum absolute atomic E-state index is 12.6. The van der Waals surface area contributed by atoms with Crippen molar-refractivity contribution in [1.29, 1.82) is 0 Å². The quantitative estimate of drug-likeness (QED) is 0.762. The van der Waals surface area contributed by atoms with Crippen molar-refractivity contribution < 1.29 is 9.90 Å². The van der Waals surface area contributed by atoms with E-state index in [1.165, 1.54) is 0 Å². The van der Waals surface area contributed by atoms with E-state index in [9.17, 15) is 9.90 Å². The molecule has 0 bridgehead atoms. The van der Waals surface area contributed by atoms with E-state index in [2.05, 4.69) is 15.5 Å². The van der Waals surface area contributed by atoms with Crippen LogP contribution < -0.4 is 5.32 Å². The summed E-state index contributed by atoms with van der Waals surface area (Å²) in [6, 6.07) is 11.5. The fourth-order valence-corrected chi connectivity index (χ4v) is 3.22. The lowest BCUT2D eigenvalue weighted by Crippen LogP contribution is -2.47. The van der Waals surface area contributed by atoms with Crippen LogP contribution in [0.3, 0.4) is 0 Å². The highest BCUT2D eigenvalue weighted by Crippen LogP contribution is 2.30. The maximum Gasteiger partial charge on any atom is 0.318 e. The zero-order chi connectivity index (χ0) is 16.8. The molecular formula is C18H24N4O2. The summed E-state index contributed by atoms with van der Waals surface area (Å²) >= 11 is 0. The largest absolute Gasteiger partial charge is 0.388 e. The van der Waals surface area contributed by atoms with Gasteiger partial charge in [-0.1, -0.05) is 43.2 Å². The third-order valence-corrected chi connectivity index (χ3v) is 4.51. The third-order valence-electron chi connectivity index (χ3n) is 4.51. The van der Waals surface area contributed by atoms with E-state index >= 15 is 0 Å². The molecule has 24 heavy (non-hydrogen) atoms. The number of amides is 2. The number of aromatic nitrogens is 2. The number of carbonyl (C=O) groups excluding carboxylic acids is 1. The lowest BCUT2D eigenvalue weighted by molar-refractivity contribution is 0.0175. The van der Waals surface area contributed by atoms with E-state index in [1.807, 2.05) is 36.4 Å². The van der Waals surface area contributed by atoms with Crippen molar-refractivity contribution in [2.45, 2.75) is 44.4 Å². The molecule has 3 rings (SSSR count). The Kier molecular flexibility index (Phi) is 5.15. The normalized spacial score (nSPS) is 16.0. The molecule has 1 aliphatic rings. The maximum atomic E-state index is 12.6. The number of carbonyl (C=O) groups is 1. The van der Waals surface area contributed by atoms with Crippen LogP contribution in [-0.4, -0.2) is 38.4 Å². The molecule has 0 unspecified atom stereocenters. The van der Waals surface area contributed by atoms with Crippen LogP contribution in [0.4, 0.5) is 4.79 Å². The molecule has 6 nitrogen and oxygen atoms in total. The number of urea groups is 1. The predicted octanol–water partition coefficient (Wildman–Crippen LogP) is 2.43. The summed E-state index contributed by atoms with van der Waals surface area (Å²) in [4.78, 5) is 14.3. The van der Waals surface area contributed by atoms with Gasteiger partial charge in [-0.2, -0.15) is 5.10 Å². The number of aromatic amines is 1. The number of hydrogen-bond donors (Lipinski definition) is 3. The van der Waals surface area contributed by atoms with Crippen molar-refractivity contribution in [2.24, 2.45) is 0 Å². The first-order valence-electron chi connectivity index (χ1n) is 8.42. The standard InChI is InChI=1S/C18H24N4O2/c23-17(19-12-16-8-11-20-21-16)22(13-15-6-2-1-3-7-15)14-18(24)9-4-5-10-18/h1-3,6-8,11,24H,4-5,9-10,12-14H2,(H,19,23)(H,20,21). The second-order valence-electron chi connectivity index (χ2n) is 6.51. The van der Waals surface area contributed by atoms with E-state index in [1.54, 1.807) is 11.1 Å². The molecule has 6 heteroatoms. The molecule has 1 aliphatic carbocycles. The number of H-pyrrole nitrogens is 1. The third kappa shape index (κ3) is 4.35. The van der Waals surface area contributed by atoms with Crippen LogP contribution in [0, 0.1) is 0 Å². The minimum atomic E-state index is -0.764. The fourth-order valence-electron chi connectivity index (χ4n) is 3.22. The van der Waals surface area contributed by atoms with Gasteiger partial charge in [0.25, 0.3) is 0 Å². The second kappa shape index (κ2) is 7.49. The molecule has 0 spiro atoms. The van der Waals surface area contributed by atoms with Crippen LogP contribution in [0.1, 0.15) is 36.9 Å². The predicted molar refractivity (Wildman–Crippen MR) is 91.1 cm³/mol. The van der Waals surface area contributed by atoms with Crippen LogP contribution >= 0.6 is 0 Å². The summed E-state index contributed by atoms with van der Waals surface area (Å²) in [5, 5.41) is 20.3. The van der Waals surface area contributed by atoms with Gasteiger partial charge in [-0.25, -0.2) is 4.79 Å². The van der Waals surface area contributed by atoms with Gasteiger partial charge in [-0.05, 0) is 24.5 Å². The van der Waals surface area contributed by atoms with Crippen LogP contribution in [0.25, 0.3) is 0 Å². The molecule has 128 valence electrons. The molecule has 0 aliphatic heterocycles. The van der Waals surface area contributed by atoms with Crippen molar-refractivity contribution in [2.75, 3.05) is 6.54 Å². The minimum absolute atomic E-state index is 0.172. The average Bonchev–Trinajstić information content (AvgIpc) is 3.25. The lowest BCUT2D eigenvalue weighted by Gasteiger charge is -2.31. The number of rotatable bonds is 6. The molecule has 2 amide bonds. The molecule has 0 radical (unpaired) electrons. The highest BCUT2D eigenvalue weighted by atomic mass is 16.3. The van der Waals surface area contributed by atoms with Crippen molar-refractivity contribution in [3.8, 4) is 0 Å². The molecule has 2 aromatic rings. The SMILES string of the molecule is O=C(NCc1ccn[nH]1)N(Cc1ccccc1)CC1(O)CCCC1. The molecule has 0 saturated heterocycles. The zero-order valence-corrected chi connectivity index (χ0v) is 13.7. The topological polar surface area (TPSA) is 81.2 Å². The van der Waals surface area contributed by atoms with E-state index < -0.39 is 5.60 Å². The number of nitrogens with one attached hydrogen (secondary N) is 2. The minimum Gasteiger partial charge on any atom is -0.388 e. The van der Waals surface area contributed by atoms with Gasteiger partial charge in [0, 0.05) is 12.7 Å². The molecule has 1 heterocycles. The Hall–Kier alpha value is -2.34. The van der Waals surface area contributed by atoms with Gasteiger partial charge in [0.2, 0.25) is 0 Å². The van der Waals surface area contributed by atoms with Gasteiger partial charge < -0.3 is 15.3 Å². The van der Waals surface area contributed by atoms with Gasteiger partial charge in [0.05, 0.1) is 24.4 Å². The molecule has 1 aromatic carbocycles. The second-order valence-corrected chi connectivity index (χ2v) is 6.51.